The van der Waals surface area contributed by atoms with Crippen molar-refractivity contribution in [2.45, 2.75) is 71.3 Å². The quantitative estimate of drug-likeness (QED) is 0.319. The molecule has 0 amide bonds. The summed E-state index contributed by atoms with van der Waals surface area (Å²) in [6, 6.07) is 23.0. The molecule has 1 aliphatic rings. The average molecular weight is 396 g/mol. The molecule has 0 N–H and O–H groups in total. The van der Waals surface area contributed by atoms with Crippen molar-refractivity contribution in [3.8, 4) is 11.1 Å². The van der Waals surface area contributed by atoms with Crippen LogP contribution in [0.4, 0.5) is 0 Å². The third kappa shape index (κ3) is 2.54. The van der Waals surface area contributed by atoms with Crippen LogP contribution in [0.1, 0.15) is 71.4 Å². The number of nitrogens with zero attached hydrogens (tertiary/aromatic N) is 1. The second-order valence-corrected chi connectivity index (χ2v) is 9.89. The minimum Gasteiger partial charge on any atom is -0.335 e. The number of para-hydroxylation sites is 1. The Morgan fingerprint density at radius 1 is 0.800 bits per heavy atom. The summed E-state index contributed by atoms with van der Waals surface area (Å²) < 4.78 is 2.67. The topological polar surface area (TPSA) is 4.93 Å². The van der Waals surface area contributed by atoms with Crippen LogP contribution < -0.4 is 0 Å². The Morgan fingerprint density at radius 2 is 1.53 bits per heavy atom. The fraction of sp³-hybridized carbons (Fsp3) is 0.379. The molecule has 0 bridgehead atoms. The third-order valence-corrected chi connectivity index (χ3v) is 7.75. The predicted molar refractivity (Wildman–Crippen MR) is 130 cm³/mol. The van der Waals surface area contributed by atoms with Crippen LogP contribution in [0.5, 0.6) is 0 Å². The summed E-state index contributed by atoms with van der Waals surface area (Å²) in [5.74, 6) is 0. The minimum atomic E-state index is 0.0352. The minimum absolute atomic E-state index is 0.0352. The predicted octanol–water partition coefficient (Wildman–Crippen LogP) is 8.42. The first kappa shape index (κ1) is 19.4. The molecule has 4 aromatic rings. The molecule has 0 radical (unpaired) electrons. The molecule has 1 nitrogen and oxygen atoms in total. The Hall–Kier alpha value is -2.54. The van der Waals surface area contributed by atoms with Gasteiger partial charge in [0.15, 0.2) is 0 Å². The van der Waals surface area contributed by atoms with Gasteiger partial charge in [0.05, 0.1) is 0 Å². The number of hydrogen-bond acceptors (Lipinski definition) is 0. The average Bonchev–Trinajstić information content (AvgIpc) is 3.21. The van der Waals surface area contributed by atoms with Gasteiger partial charge in [-0.3, -0.25) is 0 Å². The van der Waals surface area contributed by atoms with E-state index in [0.717, 1.165) is 6.42 Å². The van der Waals surface area contributed by atoms with E-state index < -0.39 is 0 Å². The van der Waals surface area contributed by atoms with Crippen molar-refractivity contribution in [3.63, 3.8) is 0 Å². The van der Waals surface area contributed by atoms with Crippen LogP contribution in [0.25, 0.3) is 32.9 Å². The van der Waals surface area contributed by atoms with Crippen molar-refractivity contribution < 1.29 is 0 Å². The van der Waals surface area contributed by atoms with Gasteiger partial charge >= 0.3 is 0 Å². The van der Waals surface area contributed by atoms with Crippen LogP contribution in [-0.2, 0) is 11.0 Å². The van der Waals surface area contributed by atoms with Crippen molar-refractivity contribution in [2.75, 3.05) is 0 Å². The highest BCUT2D eigenvalue weighted by Gasteiger charge is 2.37. The first-order valence-corrected chi connectivity index (χ1v) is 11.6. The summed E-state index contributed by atoms with van der Waals surface area (Å²) in [6.07, 6.45) is 4.86. The van der Waals surface area contributed by atoms with Crippen LogP contribution in [0.2, 0.25) is 0 Å². The molecule has 1 aromatic heterocycles. The molecule has 1 atom stereocenters. The second-order valence-electron chi connectivity index (χ2n) is 9.89. The van der Waals surface area contributed by atoms with E-state index in [4.69, 9.17) is 0 Å². The van der Waals surface area contributed by atoms with E-state index in [1.807, 2.05) is 0 Å². The zero-order valence-corrected chi connectivity index (χ0v) is 19.0. The van der Waals surface area contributed by atoms with E-state index in [2.05, 4.69) is 99.8 Å². The molecule has 1 heterocycles. The van der Waals surface area contributed by atoms with E-state index >= 15 is 0 Å². The molecular formula is C29H33N. The van der Waals surface area contributed by atoms with Gasteiger partial charge in [-0.1, -0.05) is 83.0 Å². The van der Waals surface area contributed by atoms with Crippen molar-refractivity contribution >= 4 is 21.8 Å². The van der Waals surface area contributed by atoms with Gasteiger partial charge in [-0.05, 0) is 60.2 Å². The van der Waals surface area contributed by atoms with Crippen LogP contribution in [0.15, 0.2) is 60.7 Å². The van der Waals surface area contributed by atoms with E-state index in [-0.39, 0.29) is 11.0 Å². The summed E-state index contributed by atoms with van der Waals surface area (Å²) in [4.78, 5) is 0. The molecule has 0 saturated carbocycles. The molecule has 5 rings (SSSR count). The van der Waals surface area contributed by atoms with Gasteiger partial charge in [-0.25, -0.2) is 0 Å². The summed E-state index contributed by atoms with van der Waals surface area (Å²) >= 11 is 0. The van der Waals surface area contributed by atoms with E-state index in [0.29, 0.717) is 0 Å². The van der Waals surface area contributed by atoms with Crippen molar-refractivity contribution in [1.29, 1.82) is 0 Å². The van der Waals surface area contributed by atoms with Crippen LogP contribution in [0.3, 0.4) is 0 Å². The molecule has 3 aromatic carbocycles. The van der Waals surface area contributed by atoms with Gasteiger partial charge in [0.1, 0.15) is 0 Å². The van der Waals surface area contributed by atoms with E-state index in [1.165, 1.54) is 63.3 Å². The molecule has 1 aliphatic carbocycles. The zero-order valence-electron chi connectivity index (χ0n) is 19.0. The number of benzene rings is 3. The SMILES string of the molecule is CCCCC(C)(CC)n1c2ccccc2c2cc3c(cc21)C(C)(C)c1ccccc1-3. The summed E-state index contributed by atoms with van der Waals surface area (Å²) in [6.45, 7) is 11.9. The maximum atomic E-state index is 2.67. The molecule has 0 fully saturated rings. The molecule has 1 heteroatoms. The number of unbranched alkanes of at least 4 members (excludes halogenated alkanes) is 1. The third-order valence-electron chi connectivity index (χ3n) is 7.75. The van der Waals surface area contributed by atoms with E-state index in [9.17, 15) is 0 Å². The van der Waals surface area contributed by atoms with Crippen LogP contribution in [0, 0.1) is 0 Å². The lowest BCUT2D eigenvalue weighted by molar-refractivity contribution is 0.290. The van der Waals surface area contributed by atoms with Crippen molar-refractivity contribution in [3.05, 3.63) is 71.8 Å². The Kier molecular flexibility index (Phi) is 4.36. The summed E-state index contributed by atoms with van der Waals surface area (Å²) in [5, 5.41) is 2.78. The van der Waals surface area contributed by atoms with Gasteiger partial charge in [0.25, 0.3) is 0 Å². The maximum Gasteiger partial charge on any atom is 0.0500 e. The largest absolute Gasteiger partial charge is 0.335 e. The Labute approximate surface area is 180 Å². The normalized spacial score (nSPS) is 16.6. The van der Waals surface area contributed by atoms with Gasteiger partial charge in [0.2, 0.25) is 0 Å². The summed E-state index contributed by atoms with van der Waals surface area (Å²) in [7, 11) is 0. The smallest absolute Gasteiger partial charge is 0.0500 e. The van der Waals surface area contributed by atoms with Crippen molar-refractivity contribution in [1.82, 2.24) is 4.57 Å². The van der Waals surface area contributed by atoms with Gasteiger partial charge in [-0.15, -0.1) is 0 Å². The molecule has 30 heavy (non-hydrogen) atoms. The molecular weight excluding hydrogens is 362 g/mol. The second kappa shape index (κ2) is 6.74. The first-order chi connectivity index (χ1) is 14.4. The fourth-order valence-corrected chi connectivity index (χ4v) is 5.75. The lowest BCUT2D eigenvalue weighted by Gasteiger charge is -2.33. The van der Waals surface area contributed by atoms with E-state index in [1.54, 1.807) is 0 Å². The Bertz CT molecular complexity index is 1260. The van der Waals surface area contributed by atoms with Crippen LogP contribution in [-0.4, -0.2) is 4.57 Å². The van der Waals surface area contributed by atoms with Crippen LogP contribution >= 0.6 is 0 Å². The molecule has 1 unspecified atom stereocenters. The molecule has 0 spiro atoms. The highest BCUT2D eigenvalue weighted by molar-refractivity contribution is 6.10. The number of fused-ring (bicyclic) bond motifs is 6. The molecule has 0 saturated heterocycles. The Balaban J connectivity index is 1.88. The van der Waals surface area contributed by atoms with Gasteiger partial charge in [-0.2, -0.15) is 0 Å². The zero-order chi connectivity index (χ0) is 21.1. The number of aromatic nitrogens is 1. The number of hydrogen-bond donors (Lipinski definition) is 0. The number of rotatable bonds is 5. The molecule has 0 aliphatic heterocycles. The Morgan fingerprint density at radius 3 is 2.30 bits per heavy atom. The fourth-order valence-electron chi connectivity index (χ4n) is 5.75. The monoisotopic (exact) mass is 395 g/mol. The standard InChI is InChI=1S/C29H33N/c1-6-8-17-29(5,7-2)30-26-16-12-10-14-21(26)23-18-22-20-13-9-11-15-24(20)28(3,4)25(22)19-27(23)30/h9-16,18-19H,6-8,17H2,1-5H3. The maximum absolute atomic E-state index is 2.67. The lowest BCUT2D eigenvalue weighted by Crippen LogP contribution is -2.29. The van der Waals surface area contributed by atoms with Gasteiger partial charge < -0.3 is 4.57 Å². The van der Waals surface area contributed by atoms with Crippen molar-refractivity contribution in [2.24, 2.45) is 0 Å². The summed E-state index contributed by atoms with van der Waals surface area (Å²) in [5.41, 5.74) is 8.67. The lowest BCUT2D eigenvalue weighted by atomic mass is 9.82. The molecule has 154 valence electrons. The highest BCUT2D eigenvalue weighted by Crippen LogP contribution is 2.51. The van der Waals surface area contributed by atoms with Gasteiger partial charge in [0, 0.05) is 32.8 Å². The first-order valence-electron chi connectivity index (χ1n) is 11.6. The highest BCUT2D eigenvalue weighted by atomic mass is 15.1.